The smallest absolute Gasteiger partial charge is 0.0587 e. The minimum atomic E-state index is 0.358. The summed E-state index contributed by atoms with van der Waals surface area (Å²) in [5, 5.41) is 3.52. The van der Waals surface area contributed by atoms with E-state index in [0.29, 0.717) is 17.6 Å². The van der Waals surface area contributed by atoms with Crippen LogP contribution in [-0.2, 0) is 9.47 Å². The van der Waals surface area contributed by atoms with Crippen LogP contribution in [-0.4, -0.2) is 39.0 Å². The zero-order valence-electron chi connectivity index (χ0n) is 12.6. The normalized spacial score (nSPS) is 27.3. The third kappa shape index (κ3) is 5.68. The van der Waals surface area contributed by atoms with Gasteiger partial charge in [-0.25, -0.2) is 0 Å². The molecule has 1 N–H and O–H groups in total. The molecule has 1 aliphatic rings. The summed E-state index contributed by atoms with van der Waals surface area (Å²) in [5.74, 6) is 0. The van der Waals surface area contributed by atoms with Crippen LogP contribution in [0.4, 0.5) is 0 Å². The minimum Gasteiger partial charge on any atom is -0.383 e. The molecule has 3 unspecified atom stereocenters. The van der Waals surface area contributed by atoms with Gasteiger partial charge in [0.1, 0.15) is 0 Å². The Kier molecular flexibility index (Phi) is 7.20. The molecule has 0 bridgehead atoms. The van der Waals surface area contributed by atoms with Crippen LogP contribution in [0.3, 0.4) is 0 Å². The van der Waals surface area contributed by atoms with Crippen LogP contribution in [0.1, 0.15) is 52.9 Å². The maximum Gasteiger partial charge on any atom is 0.0587 e. The number of rotatable bonds is 9. The molecule has 0 aliphatic carbocycles. The lowest BCUT2D eigenvalue weighted by Gasteiger charge is -2.32. The van der Waals surface area contributed by atoms with Gasteiger partial charge in [0.15, 0.2) is 0 Å². The molecular weight excluding hydrogens is 226 g/mol. The quantitative estimate of drug-likeness (QED) is 0.644. The molecule has 0 amide bonds. The monoisotopic (exact) mass is 257 g/mol. The first kappa shape index (κ1) is 15.9. The van der Waals surface area contributed by atoms with Crippen molar-refractivity contribution in [1.82, 2.24) is 5.32 Å². The molecule has 0 saturated carbocycles. The molecule has 108 valence electrons. The number of methoxy groups -OCH3 is 1. The molecule has 1 rings (SSSR count). The third-order valence-electron chi connectivity index (χ3n) is 3.93. The van der Waals surface area contributed by atoms with Crippen LogP contribution in [0.15, 0.2) is 0 Å². The largest absolute Gasteiger partial charge is 0.383 e. The second kappa shape index (κ2) is 8.13. The number of hydrogen-bond acceptors (Lipinski definition) is 3. The molecule has 1 heterocycles. The summed E-state index contributed by atoms with van der Waals surface area (Å²) in [4.78, 5) is 0. The summed E-state index contributed by atoms with van der Waals surface area (Å²) >= 11 is 0. The predicted octanol–water partition coefficient (Wildman–Crippen LogP) is 2.99. The molecule has 18 heavy (non-hydrogen) atoms. The molecule has 3 heteroatoms. The minimum absolute atomic E-state index is 0.358. The highest BCUT2D eigenvalue weighted by molar-refractivity contribution is 4.83. The fourth-order valence-electron chi connectivity index (χ4n) is 3.02. The first-order valence-electron chi connectivity index (χ1n) is 7.45. The predicted molar refractivity (Wildman–Crippen MR) is 75.9 cm³/mol. The standard InChI is InChI=1S/C15H31NO2/c1-5-8-15(3,12-16-9-10-17-4)11-14-7-6-13(2)18-14/h13-14,16H,5-12H2,1-4H3. The Balaban J connectivity index is 2.35. The van der Waals surface area contributed by atoms with Crippen molar-refractivity contribution in [2.45, 2.75) is 65.1 Å². The molecule has 1 saturated heterocycles. The van der Waals surface area contributed by atoms with Gasteiger partial charge in [-0.15, -0.1) is 0 Å². The zero-order chi connectivity index (χ0) is 13.4. The molecule has 0 aromatic heterocycles. The van der Waals surface area contributed by atoms with E-state index in [1.165, 1.54) is 32.1 Å². The van der Waals surface area contributed by atoms with E-state index in [-0.39, 0.29) is 0 Å². The lowest BCUT2D eigenvalue weighted by molar-refractivity contribution is 0.0226. The summed E-state index contributed by atoms with van der Waals surface area (Å²) in [7, 11) is 1.75. The summed E-state index contributed by atoms with van der Waals surface area (Å²) in [6, 6.07) is 0. The molecule has 0 aromatic rings. The van der Waals surface area contributed by atoms with Crippen LogP contribution in [0, 0.1) is 5.41 Å². The van der Waals surface area contributed by atoms with Gasteiger partial charge in [0.25, 0.3) is 0 Å². The molecule has 3 nitrogen and oxygen atoms in total. The molecule has 0 aromatic carbocycles. The highest BCUT2D eigenvalue weighted by atomic mass is 16.5. The van der Waals surface area contributed by atoms with Gasteiger partial charge in [0.2, 0.25) is 0 Å². The fraction of sp³-hybridized carbons (Fsp3) is 1.00. The lowest BCUT2D eigenvalue weighted by Crippen LogP contribution is -2.36. The van der Waals surface area contributed by atoms with Crippen LogP contribution in [0.2, 0.25) is 0 Å². The van der Waals surface area contributed by atoms with Gasteiger partial charge in [-0.05, 0) is 38.0 Å². The van der Waals surface area contributed by atoms with E-state index in [0.717, 1.165) is 19.7 Å². The van der Waals surface area contributed by atoms with E-state index < -0.39 is 0 Å². The van der Waals surface area contributed by atoms with E-state index in [4.69, 9.17) is 9.47 Å². The van der Waals surface area contributed by atoms with Crippen LogP contribution in [0.25, 0.3) is 0 Å². The van der Waals surface area contributed by atoms with Gasteiger partial charge >= 0.3 is 0 Å². The highest BCUT2D eigenvalue weighted by Crippen LogP contribution is 2.34. The fourth-order valence-corrected chi connectivity index (χ4v) is 3.02. The molecule has 1 aliphatic heterocycles. The summed E-state index contributed by atoms with van der Waals surface area (Å²) in [5.41, 5.74) is 0.358. The third-order valence-corrected chi connectivity index (χ3v) is 3.93. The van der Waals surface area contributed by atoms with Gasteiger partial charge in [-0.1, -0.05) is 20.3 Å². The van der Waals surface area contributed by atoms with E-state index in [9.17, 15) is 0 Å². The van der Waals surface area contributed by atoms with Crippen molar-refractivity contribution >= 4 is 0 Å². The van der Waals surface area contributed by atoms with E-state index in [2.05, 4.69) is 26.1 Å². The van der Waals surface area contributed by atoms with Crippen molar-refractivity contribution < 1.29 is 9.47 Å². The first-order chi connectivity index (χ1) is 8.59. The first-order valence-corrected chi connectivity index (χ1v) is 7.45. The second-order valence-electron chi connectivity index (χ2n) is 6.08. The maximum atomic E-state index is 5.98. The van der Waals surface area contributed by atoms with E-state index in [1.807, 2.05) is 0 Å². The Morgan fingerprint density at radius 3 is 2.72 bits per heavy atom. The number of ether oxygens (including phenoxy) is 2. The van der Waals surface area contributed by atoms with E-state index in [1.54, 1.807) is 7.11 Å². The Morgan fingerprint density at radius 2 is 2.17 bits per heavy atom. The van der Waals surface area contributed by atoms with E-state index >= 15 is 0 Å². The lowest BCUT2D eigenvalue weighted by atomic mass is 9.79. The van der Waals surface area contributed by atoms with Gasteiger partial charge in [-0.3, -0.25) is 0 Å². The molecular formula is C15H31NO2. The Morgan fingerprint density at radius 1 is 1.39 bits per heavy atom. The molecule has 0 spiro atoms. The van der Waals surface area contributed by atoms with Crippen molar-refractivity contribution in [1.29, 1.82) is 0 Å². The number of nitrogens with one attached hydrogen (secondary N) is 1. The van der Waals surface area contributed by atoms with Crippen molar-refractivity contribution in [3.8, 4) is 0 Å². The maximum absolute atomic E-state index is 5.98. The van der Waals surface area contributed by atoms with Crippen molar-refractivity contribution in [3.63, 3.8) is 0 Å². The Hall–Kier alpha value is -0.120. The SMILES string of the molecule is CCCC(C)(CNCCOC)CC1CCC(C)O1. The van der Waals surface area contributed by atoms with Crippen LogP contribution >= 0.6 is 0 Å². The highest BCUT2D eigenvalue weighted by Gasteiger charge is 2.31. The summed E-state index contributed by atoms with van der Waals surface area (Å²) in [6.07, 6.45) is 7.09. The zero-order valence-corrected chi connectivity index (χ0v) is 12.6. The van der Waals surface area contributed by atoms with Crippen molar-refractivity contribution in [3.05, 3.63) is 0 Å². The molecule has 0 radical (unpaired) electrons. The second-order valence-corrected chi connectivity index (χ2v) is 6.08. The van der Waals surface area contributed by atoms with Crippen LogP contribution < -0.4 is 5.32 Å². The van der Waals surface area contributed by atoms with Crippen LogP contribution in [0.5, 0.6) is 0 Å². The summed E-state index contributed by atoms with van der Waals surface area (Å²) < 4.78 is 11.1. The van der Waals surface area contributed by atoms with Crippen molar-refractivity contribution in [2.24, 2.45) is 5.41 Å². The van der Waals surface area contributed by atoms with Crippen molar-refractivity contribution in [2.75, 3.05) is 26.8 Å². The average molecular weight is 257 g/mol. The molecule has 1 fully saturated rings. The summed E-state index contributed by atoms with van der Waals surface area (Å²) in [6.45, 7) is 9.65. The molecule has 3 atom stereocenters. The Bertz CT molecular complexity index is 223. The Labute approximate surface area is 113 Å². The average Bonchev–Trinajstić information content (AvgIpc) is 2.70. The van der Waals surface area contributed by atoms with Gasteiger partial charge in [0, 0.05) is 20.2 Å². The van der Waals surface area contributed by atoms with Gasteiger partial charge < -0.3 is 14.8 Å². The topological polar surface area (TPSA) is 30.5 Å². The van der Waals surface area contributed by atoms with Gasteiger partial charge in [0.05, 0.1) is 18.8 Å². The van der Waals surface area contributed by atoms with Gasteiger partial charge in [-0.2, -0.15) is 0 Å². The number of hydrogen-bond donors (Lipinski definition) is 1.